The molecule has 0 spiro atoms. The lowest BCUT2D eigenvalue weighted by Gasteiger charge is -2.35. The number of benzene rings is 4. The highest BCUT2D eigenvalue weighted by atomic mass is 16.8. The van der Waals surface area contributed by atoms with Crippen molar-refractivity contribution in [3.05, 3.63) is 120 Å². The van der Waals surface area contributed by atoms with E-state index in [0.717, 1.165) is 34.0 Å². The van der Waals surface area contributed by atoms with Gasteiger partial charge >= 0.3 is 6.09 Å². The Morgan fingerprint density at radius 1 is 0.730 bits per heavy atom. The number of fused-ring (bicyclic) bond motifs is 1. The summed E-state index contributed by atoms with van der Waals surface area (Å²) in [5, 5.41) is 1.84. The highest BCUT2D eigenvalue weighted by molar-refractivity contribution is 5.92. The van der Waals surface area contributed by atoms with Crippen molar-refractivity contribution in [1.29, 1.82) is 0 Å². The third-order valence-electron chi connectivity index (χ3n) is 7.07. The molecule has 37 heavy (non-hydrogen) atoms. The fourth-order valence-electron chi connectivity index (χ4n) is 5.34. The highest BCUT2D eigenvalue weighted by Crippen LogP contribution is 2.54. The molecule has 7 heteroatoms. The van der Waals surface area contributed by atoms with Crippen LogP contribution in [0.3, 0.4) is 0 Å². The topological polar surface area (TPSA) is 54.5 Å². The number of hydrogen-bond donors (Lipinski definition) is 0. The van der Waals surface area contributed by atoms with E-state index in [1.807, 2.05) is 102 Å². The van der Waals surface area contributed by atoms with Crippen LogP contribution >= 0.6 is 0 Å². The average Bonchev–Trinajstić information content (AvgIpc) is 3.44. The summed E-state index contributed by atoms with van der Waals surface area (Å²) < 4.78 is 10.8. The zero-order chi connectivity index (χ0) is 25.4. The second-order valence-electron chi connectivity index (χ2n) is 9.01. The van der Waals surface area contributed by atoms with Gasteiger partial charge in [-0.05, 0) is 59.7 Å². The van der Waals surface area contributed by atoms with Crippen LogP contribution in [0.25, 0.3) is 0 Å². The number of carbonyl (C=O) groups excluding carboxylic acids is 1. The van der Waals surface area contributed by atoms with Gasteiger partial charge in [0.2, 0.25) is 0 Å². The Labute approximate surface area is 216 Å². The van der Waals surface area contributed by atoms with Crippen molar-refractivity contribution < 1.29 is 19.1 Å². The summed E-state index contributed by atoms with van der Waals surface area (Å²) in [6, 6.07) is 35.6. The molecular weight excluding hydrogens is 466 g/mol. The molecule has 2 unspecified atom stereocenters. The number of nitrogens with zero attached hydrogens (tertiary/aromatic N) is 3. The standard InChI is InChI=1S/C30H27N3O4/c1-35-26-17-13-24(14-18-26)31-21-30(23-11-7-4-8-12-23)32(25-15-19-27(36-2)20-16-25)29(34)37-33(30)28(31)22-9-5-3-6-10-22/h3-20,28H,21H2,1-2H3. The van der Waals surface area contributed by atoms with Gasteiger partial charge in [-0.3, -0.25) is 0 Å². The van der Waals surface area contributed by atoms with Crippen LogP contribution in [-0.2, 0) is 10.5 Å². The first kappa shape index (κ1) is 22.9. The molecule has 0 saturated carbocycles. The van der Waals surface area contributed by atoms with Crippen molar-refractivity contribution in [2.24, 2.45) is 0 Å². The van der Waals surface area contributed by atoms with Crippen LogP contribution in [-0.4, -0.2) is 31.9 Å². The minimum atomic E-state index is -0.923. The molecule has 0 aromatic heterocycles. The van der Waals surface area contributed by atoms with Crippen molar-refractivity contribution in [1.82, 2.24) is 5.06 Å². The summed E-state index contributed by atoms with van der Waals surface area (Å²) in [4.78, 5) is 23.8. The van der Waals surface area contributed by atoms with E-state index < -0.39 is 11.8 Å². The molecule has 1 amide bonds. The van der Waals surface area contributed by atoms with Gasteiger partial charge < -0.3 is 19.2 Å². The molecule has 0 bridgehead atoms. The van der Waals surface area contributed by atoms with E-state index in [1.54, 1.807) is 19.1 Å². The van der Waals surface area contributed by atoms with E-state index >= 15 is 0 Å². The van der Waals surface area contributed by atoms with Gasteiger partial charge in [-0.1, -0.05) is 65.7 Å². The van der Waals surface area contributed by atoms with Crippen LogP contribution in [0.5, 0.6) is 11.5 Å². The molecule has 2 aliphatic rings. The van der Waals surface area contributed by atoms with Crippen LogP contribution in [0.15, 0.2) is 109 Å². The molecule has 6 rings (SSSR count). The van der Waals surface area contributed by atoms with E-state index in [4.69, 9.17) is 14.3 Å². The van der Waals surface area contributed by atoms with Gasteiger partial charge in [-0.2, -0.15) is 0 Å². The van der Waals surface area contributed by atoms with Crippen LogP contribution in [0.2, 0.25) is 0 Å². The predicted molar refractivity (Wildman–Crippen MR) is 141 cm³/mol. The molecule has 4 aromatic carbocycles. The summed E-state index contributed by atoms with van der Waals surface area (Å²) in [7, 11) is 3.28. The van der Waals surface area contributed by atoms with Crippen LogP contribution in [0, 0.1) is 0 Å². The molecule has 2 heterocycles. The van der Waals surface area contributed by atoms with E-state index in [0.29, 0.717) is 6.54 Å². The van der Waals surface area contributed by atoms with Gasteiger partial charge in [-0.15, -0.1) is 0 Å². The minimum Gasteiger partial charge on any atom is -0.497 e. The maximum absolute atomic E-state index is 13.6. The maximum Gasteiger partial charge on any atom is 0.435 e. The van der Waals surface area contributed by atoms with Crippen molar-refractivity contribution in [3.63, 3.8) is 0 Å². The molecule has 0 aliphatic carbocycles. The summed E-state index contributed by atoms with van der Waals surface area (Å²) in [5.74, 6) is 1.50. The van der Waals surface area contributed by atoms with Crippen molar-refractivity contribution >= 4 is 17.5 Å². The van der Waals surface area contributed by atoms with E-state index in [-0.39, 0.29) is 6.17 Å². The first-order chi connectivity index (χ1) is 18.2. The second kappa shape index (κ2) is 9.19. The number of hydroxylamine groups is 2. The molecule has 0 radical (unpaired) electrons. The molecule has 0 N–H and O–H groups in total. The number of carbonyl (C=O) groups is 1. The number of amides is 1. The molecule has 2 saturated heterocycles. The Hall–Kier alpha value is -4.49. The predicted octanol–water partition coefficient (Wildman–Crippen LogP) is 5.95. The molecule has 4 aromatic rings. The number of methoxy groups -OCH3 is 2. The van der Waals surface area contributed by atoms with Gasteiger partial charge in [0.15, 0.2) is 5.66 Å². The van der Waals surface area contributed by atoms with Crippen LogP contribution in [0.4, 0.5) is 16.2 Å². The van der Waals surface area contributed by atoms with Gasteiger partial charge in [0.25, 0.3) is 0 Å². The quantitative estimate of drug-likeness (QED) is 0.331. The first-order valence-electron chi connectivity index (χ1n) is 12.1. The summed E-state index contributed by atoms with van der Waals surface area (Å²) in [5.41, 5.74) is 2.76. The molecular formula is C30H27N3O4. The SMILES string of the molecule is COc1ccc(N2CC3(c4ccccc4)N(c4ccc(OC)cc4)C(=O)ON3C2c2ccccc2)cc1. The summed E-state index contributed by atoms with van der Waals surface area (Å²) >= 11 is 0. The van der Waals surface area contributed by atoms with E-state index in [2.05, 4.69) is 17.0 Å². The molecule has 7 nitrogen and oxygen atoms in total. The lowest BCUT2D eigenvalue weighted by molar-refractivity contribution is -0.136. The maximum atomic E-state index is 13.6. The largest absolute Gasteiger partial charge is 0.497 e. The smallest absolute Gasteiger partial charge is 0.435 e. The van der Waals surface area contributed by atoms with Gasteiger partial charge in [0.05, 0.1) is 20.8 Å². The summed E-state index contributed by atoms with van der Waals surface area (Å²) in [6.45, 7) is 0.473. The van der Waals surface area contributed by atoms with Gasteiger partial charge in [0.1, 0.15) is 17.7 Å². The highest BCUT2D eigenvalue weighted by Gasteiger charge is 2.65. The van der Waals surface area contributed by atoms with Crippen LogP contribution in [0.1, 0.15) is 17.3 Å². The number of anilines is 2. The third-order valence-corrected chi connectivity index (χ3v) is 7.07. The van der Waals surface area contributed by atoms with Crippen molar-refractivity contribution in [3.8, 4) is 11.5 Å². The van der Waals surface area contributed by atoms with Crippen molar-refractivity contribution in [2.75, 3.05) is 30.6 Å². The van der Waals surface area contributed by atoms with E-state index in [9.17, 15) is 4.79 Å². The fraction of sp³-hybridized carbons (Fsp3) is 0.167. The summed E-state index contributed by atoms with van der Waals surface area (Å²) in [6.07, 6.45) is -0.786. The Kier molecular flexibility index (Phi) is 5.70. The van der Waals surface area contributed by atoms with Gasteiger partial charge in [0, 0.05) is 11.4 Å². The Bertz CT molecular complexity index is 1380. The molecule has 2 atom stereocenters. The zero-order valence-corrected chi connectivity index (χ0v) is 20.7. The fourth-order valence-corrected chi connectivity index (χ4v) is 5.34. The molecule has 2 fully saturated rings. The Morgan fingerprint density at radius 2 is 1.27 bits per heavy atom. The monoisotopic (exact) mass is 493 g/mol. The number of hydrogen-bond acceptors (Lipinski definition) is 6. The number of rotatable bonds is 6. The second-order valence-corrected chi connectivity index (χ2v) is 9.01. The lowest BCUT2D eigenvalue weighted by Crippen LogP contribution is -2.51. The zero-order valence-electron chi connectivity index (χ0n) is 20.7. The number of ether oxygens (including phenoxy) is 2. The van der Waals surface area contributed by atoms with E-state index in [1.165, 1.54) is 0 Å². The molecule has 2 aliphatic heterocycles. The Balaban J connectivity index is 1.56. The first-order valence-corrected chi connectivity index (χ1v) is 12.1. The minimum absolute atomic E-state index is 0.359. The third kappa shape index (κ3) is 3.67. The normalized spacial score (nSPS) is 21.0. The van der Waals surface area contributed by atoms with Crippen molar-refractivity contribution in [2.45, 2.75) is 11.8 Å². The molecule has 186 valence electrons. The van der Waals surface area contributed by atoms with Gasteiger partial charge in [-0.25, -0.2) is 9.69 Å². The Morgan fingerprint density at radius 3 is 1.84 bits per heavy atom. The average molecular weight is 494 g/mol. The lowest BCUT2D eigenvalue weighted by atomic mass is 9.97. The van der Waals surface area contributed by atoms with Crippen LogP contribution < -0.4 is 19.3 Å².